The summed E-state index contributed by atoms with van der Waals surface area (Å²) in [7, 11) is 0. The second-order valence-electron chi connectivity index (χ2n) is 10.9. The van der Waals surface area contributed by atoms with Crippen molar-refractivity contribution in [2.45, 2.75) is 5.41 Å². The predicted molar refractivity (Wildman–Crippen MR) is 188 cm³/mol. The molecule has 0 aliphatic heterocycles. The summed E-state index contributed by atoms with van der Waals surface area (Å²) in [4.78, 5) is 26.1. The fraction of sp³-hybridized carbons (Fsp3) is 0.0256. The zero-order valence-electron chi connectivity index (χ0n) is 23.9. The van der Waals surface area contributed by atoms with E-state index in [2.05, 4.69) is 115 Å². The number of anilines is 2. The Kier molecular flexibility index (Phi) is 7.70. The highest BCUT2D eigenvalue weighted by Crippen LogP contribution is 2.56. The van der Waals surface area contributed by atoms with Crippen molar-refractivity contribution in [3.63, 3.8) is 0 Å². The molecule has 0 heterocycles. The molecule has 4 nitrogen and oxygen atoms in total. The maximum absolute atomic E-state index is 13.0. The molecule has 0 bridgehead atoms. The zero-order valence-corrected chi connectivity index (χ0v) is 27.1. The van der Waals surface area contributed by atoms with Crippen LogP contribution >= 0.6 is 31.9 Å². The Balaban J connectivity index is 1.30. The van der Waals surface area contributed by atoms with Crippen molar-refractivity contribution in [2.24, 2.45) is 0 Å². The second-order valence-corrected chi connectivity index (χ2v) is 12.6. The van der Waals surface area contributed by atoms with Crippen LogP contribution in [0.2, 0.25) is 0 Å². The van der Waals surface area contributed by atoms with Gasteiger partial charge in [-0.3, -0.25) is 9.59 Å². The minimum absolute atomic E-state index is 0.179. The van der Waals surface area contributed by atoms with Gasteiger partial charge in [0, 0.05) is 20.3 Å². The molecule has 1 aliphatic carbocycles. The van der Waals surface area contributed by atoms with Crippen LogP contribution < -0.4 is 10.6 Å². The smallest absolute Gasteiger partial charge is 0.256 e. The molecule has 1 aliphatic rings. The number of halogens is 2. The summed E-state index contributed by atoms with van der Waals surface area (Å²) in [6, 6.07) is 48.0. The number of benzene rings is 6. The van der Waals surface area contributed by atoms with Gasteiger partial charge in [0.25, 0.3) is 11.8 Å². The van der Waals surface area contributed by atoms with Gasteiger partial charge < -0.3 is 10.6 Å². The van der Waals surface area contributed by atoms with Gasteiger partial charge in [0.05, 0.1) is 16.5 Å². The van der Waals surface area contributed by atoms with E-state index < -0.39 is 5.41 Å². The van der Waals surface area contributed by atoms with Crippen molar-refractivity contribution in [1.82, 2.24) is 0 Å². The molecule has 0 fully saturated rings. The van der Waals surface area contributed by atoms with Crippen LogP contribution in [0, 0.1) is 0 Å². The molecule has 0 atom stereocenters. The normalized spacial score (nSPS) is 12.6. The average Bonchev–Trinajstić information content (AvgIpc) is 3.37. The van der Waals surface area contributed by atoms with Gasteiger partial charge in [-0.05, 0) is 114 Å². The van der Waals surface area contributed by atoms with Gasteiger partial charge in [0.1, 0.15) is 0 Å². The number of carbonyl (C=O) groups excluding carboxylic acids is 2. The van der Waals surface area contributed by atoms with Gasteiger partial charge >= 0.3 is 0 Å². The molecule has 6 heteroatoms. The minimum Gasteiger partial charge on any atom is -0.322 e. The molecule has 2 amide bonds. The van der Waals surface area contributed by atoms with Crippen molar-refractivity contribution < 1.29 is 9.59 Å². The minimum atomic E-state index is -0.608. The molecule has 7 rings (SSSR count). The number of nitrogens with one attached hydrogen (secondary N) is 2. The van der Waals surface area contributed by atoms with Gasteiger partial charge in [-0.2, -0.15) is 0 Å². The van der Waals surface area contributed by atoms with Crippen LogP contribution in [0.1, 0.15) is 43.0 Å². The first-order chi connectivity index (χ1) is 22.0. The van der Waals surface area contributed by atoms with E-state index in [1.54, 1.807) is 12.1 Å². The molecule has 6 aromatic rings. The van der Waals surface area contributed by atoms with Crippen LogP contribution in [0.4, 0.5) is 11.4 Å². The maximum atomic E-state index is 13.0. The van der Waals surface area contributed by atoms with Gasteiger partial charge in [-0.1, -0.05) is 97.1 Å². The maximum Gasteiger partial charge on any atom is 0.256 e. The Morgan fingerprint density at radius 3 is 1.20 bits per heavy atom. The lowest BCUT2D eigenvalue weighted by molar-refractivity contribution is 0.101. The summed E-state index contributed by atoms with van der Waals surface area (Å²) in [5.41, 5.74) is 8.83. The Labute approximate surface area is 278 Å². The molecule has 0 spiro atoms. The molecule has 0 saturated heterocycles. The first-order valence-electron chi connectivity index (χ1n) is 14.5. The first kappa shape index (κ1) is 29.0. The van der Waals surface area contributed by atoms with Crippen LogP contribution in [0.25, 0.3) is 11.1 Å². The summed E-state index contributed by atoms with van der Waals surface area (Å²) >= 11 is 6.95. The van der Waals surface area contributed by atoms with Crippen LogP contribution in [0.5, 0.6) is 0 Å². The third-order valence-corrected chi connectivity index (χ3v) is 9.72. The Bertz CT molecular complexity index is 1920. The molecule has 45 heavy (non-hydrogen) atoms. The summed E-state index contributed by atoms with van der Waals surface area (Å²) in [6.07, 6.45) is 0. The van der Waals surface area contributed by atoms with E-state index in [1.165, 1.54) is 22.3 Å². The molecule has 0 aromatic heterocycles. The summed E-state index contributed by atoms with van der Waals surface area (Å²) in [5.74, 6) is -0.358. The van der Waals surface area contributed by atoms with Gasteiger partial charge in [-0.25, -0.2) is 0 Å². The van der Waals surface area contributed by atoms with Crippen molar-refractivity contribution in [3.05, 3.63) is 188 Å². The number of hydrogen-bond donors (Lipinski definition) is 2. The van der Waals surface area contributed by atoms with Gasteiger partial charge in [0.15, 0.2) is 0 Å². The molecular weight excluding hydrogens is 688 g/mol. The molecule has 0 saturated carbocycles. The van der Waals surface area contributed by atoms with Crippen molar-refractivity contribution in [1.29, 1.82) is 0 Å². The van der Waals surface area contributed by atoms with E-state index in [4.69, 9.17) is 0 Å². The van der Waals surface area contributed by atoms with E-state index in [-0.39, 0.29) is 11.8 Å². The predicted octanol–water partition coefficient (Wildman–Crippen LogP) is 10.1. The summed E-state index contributed by atoms with van der Waals surface area (Å²) < 4.78 is 1.49. The van der Waals surface area contributed by atoms with Crippen LogP contribution in [0.3, 0.4) is 0 Å². The average molecular weight is 714 g/mol. The zero-order chi connectivity index (χ0) is 31.0. The number of carbonyl (C=O) groups is 2. The number of hydrogen-bond acceptors (Lipinski definition) is 2. The van der Waals surface area contributed by atoms with E-state index in [0.29, 0.717) is 22.5 Å². The molecule has 6 aromatic carbocycles. The number of rotatable bonds is 6. The molecule has 0 radical (unpaired) electrons. The van der Waals surface area contributed by atoms with Crippen LogP contribution in [-0.4, -0.2) is 11.8 Å². The monoisotopic (exact) mass is 712 g/mol. The highest BCUT2D eigenvalue weighted by atomic mass is 79.9. The third-order valence-electron chi connectivity index (χ3n) is 8.34. The SMILES string of the molecule is O=C(Nc1ccc(C2(c3ccc(NC(=O)c4ccccc4Br)cc3)c3ccccc3-c3ccccc32)cc1)c1ccccc1Br. The van der Waals surface area contributed by atoms with E-state index in [1.807, 2.05) is 60.7 Å². The molecule has 2 N–H and O–H groups in total. The third kappa shape index (κ3) is 5.10. The first-order valence-corrected chi connectivity index (χ1v) is 16.1. The quantitative estimate of drug-likeness (QED) is 0.180. The summed E-state index contributed by atoms with van der Waals surface area (Å²) in [6.45, 7) is 0. The van der Waals surface area contributed by atoms with Crippen LogP contribution in [-0.2, 0) is 5.41 Å². The van der Waals surface area contributed by atoms with Gasteiger partial charge in [-0.15, -0.1) is 0 Å². The lowest BCUT2D eigenvalue weighted by Gasteiger charge is -2.34. The highest BCUT2D eigenvalue weighted by Gasteiger charge is 2.45. The van der Waals surface area contributed by atoms with Gasteiger partial charge in [0.2, 0.25) is 0 Å². The summed E-state index contributed by atoms with van der Waals surface area (Å²) in [5, 5.41) is 6.08. The Morgan fingerprint density at radius 1 is 0.444 bits per heavy atom. The molecule has 0 unspecified atom stereocenters. The largest absolute Gasteiger partial charge is 0.322 e. The van der Waals surface area contributed by atoms with E-state index in [0.717, 1.165) is 20.1 Å². The second kappa shape index (κ2) is 12.0. The fourth-order valence-electron chi connectivity index (χ4n) is 6.32. The Hall–Kier alpha value is -4.78. The van der Waals surface area contributed by atoms with Crippen molar-refractivity contribution >= 4 is 55.0 Å². The molecule has 218 valence electrons. The van der Waals surface area contributed by atoms with E-state index in [9.17, 15) is 9.59 Å². The standard InChI is InChI=1S/C39H26Br2N2O2/c40-35-15-7-3-11-31(35)37(44)42-27-21-17-25(18-22-27)39(33-13-5-1-9-29(33)30-10-2-6-14-34(30)39)26-19-23-28(24-20-26)43-38(45)32-12-4-8-16-36(32)41/h1-24H,(H,42,44)(H,43,45). The highest BCUT2D eigenvalue weighted by molar-refractivity contribution is 9.10. The lowest BCUT2D eigenvalue weighted by Crippen LogP contribution is -2.28. The van der Waals surface area contributed by atoms with Crippen LogP contribution in [0.15, 0.2) is 155 Å². The molecular formula is C39H26Br2N2O2. The topological polar surface area (TPSA) is 58.2 Å². The van der Waals surface area contributed by atoms with Crippen molar-refractivity contribution in [3.8, 4) is 11.1 Å². The van der Waals surface area contributed by atoms with E-state index >= 15 is 0 Å². The number of fused-ring (bicyclic) bond motifs is 3. The fourth-order valence-corrected chi connectivity index (χ4v) is 7.25. The number of amides is 2. The Morgan fingerprint density at radius 2 is 0.800 bits per heavy atom. The lowest BCUT2D eigenvalue weighted by atomic mass is 9.67. The van der Waals surface area contributed by atoms with Crippen molar-refractivity contribution in [2.75, 3.05) is 10.6 Å².